The first-order valence-corrected chi connectivity index (χ1v) is 7.08. The summed E-state index contributed by atoms with van der Waals surface area (Å²) in [5, 5.41) is 23.8. The van der Waals surface area contributed by atoms with Gasteiger partial charge in [-0.3, -0.25) is 9.78 Å². The fraction of sp³-hybridized carbons (Fsp3) is 0.286. The van der Waals surface area contributed by atoms with Gasteiger partial charge in [0, 0.05) is 17.1 Å². The van der Waals surface area contributed by atoms with Crippen LogP contribution in [-0.2, 0) is 11.3 Å². The summed E-state index contributed by atoms with van der Waals surface area (Å²) in [6, 6.07) is 6.83. The normalized spacial score (nSPS) is 12.2. The Kier molecular flexibility index (Phi) is 4.70. The number of aromatic nitrogens is 1. The molecule has 0 fully saturated rings. The molecule has 0 aliphatic rings. The summed E-state index contributed by atoms with van der Waals surface area (Å²) in [5.41, 5.74) is 1.34. The van der Waals surface area contributed by atoms with E-state index in [0.29, 0.717) is 12.2 Å². The van der Waals surface area contributed by atoms with Crippen LogP contribution in [0.5, 0.6) is 5.75 Å². The highest BCUT2D eigenvalue weighted by atomic mass is 32.1. The first-order chi connectivity index (χ1) is 9.56. The predicted octanol–water partition coefficient (Wildman–Crippen LogP) is 2.46. The molecule has 6 heteroatoms. The summed E-state index contributed by atoms with van der Waals surface area (Å²) in [6.07, 6.45) is -0.00685. The van der Waals surface area contributed by atoms with Gasteiger partial charge in [0.25, 0.3) is 0 Å². The minimum absolute atomic E-state index is 0.00685. The van der Waals surface area contributed by atoms with Gasteiger partial charge in [0.15, 0.2) is 0 Å². The summed E-state index contributed by atoms with van der Waals surface area (Å²) >= 11 is 1.51. The third kappa shape index (κ3) is 3.79. The molecule has 2 aromatic heterocycles. The smallest absolute Gasteiger partial charge is 0.305 e. The lowest BCUT2D eigenvalue weighted by molar-refractivity contribution is -0.137. The number of thiophene rings is 1. The van der Waals surface area contributed by atoms with Crippen LogP contribution < -0.4 is 5.32 Å². The molecule has 1 unspecified atom stereocenters. The summed E-state index contributed by atoms with van der Waals surface area (Å²) in [7, 11) is 0. The number of rotatable bonds is 6. The van der Waals surface area contributed by atoms with Crippen LogP contribution in [0.25, 0.3) is 0 Å². The maximum Gasteiger partial charge on any atom is 0.305 e. The molecule has 1 atom stereocenters. The molecule has 2 heterocycles. The molecule has 0 aliphatic carbocycles. The number of carboxylic acids is 1. The molecule has 0 radical (unpaired) electrons. The first-order valence-electron chi connectivity index (χ1n) is 6.20. The highest BCUT2D eigenvalue weighted by Crippen LogP contribution is 2.23. The van der Waals surface area contributed by atoms with Crippen molar-refractivity contribution in [3.63, 3.8) is 0 Å². The van der Waals surface area contributed by atoms with Crippen LogP contribution >= 0.6 is 11.3 Å². The number of pyridine rings is 1. The number of aryl methyl sites for hydroxylation is 1. The van der Waals surface area contributed by atoms with Crippen molar-refractivity contribution >= 4 is 17.3 Å². The quantitative estimate of drug-likeness (QED) is 0.762. The van der Waals surface area contributed by atoms with Gasteiger partial charge in [0.05, 0.1) is 18.2 Å². The van der Waals surface area contributed by atoms with Crippen molar-refractivity contribution in [1.29, 1.82) is 0 Å². The first kappa shape index (κ1) is 14.5. The number of nitrogens with one attached hydrogen (secondary N) is 1. The Morgan fingerprint density at radius 3 is 2.90 bits per heavy atom. The molecule has 0 spiro atoms. The number of aliphatic carboxylic acids is 1. The van der Waals surface area contributed by atoms with Crippen molar-refractivity contribution in [2.45, 2.75) is 25.9 Å². The second-order valence-electron chi connectivity index (χ2n) is 4.47. The monoisotopic (exact) mass is 292 g/mol. The van der Waals surface area contributed by atoms with Crippen LogP contribution in [0.1, 0.15) is 28.7 Å². The number of carboxylic acid groups (broad SMARTS) is 1. The van der Waals surface area contributed by atoms with Crippen LogP contribution in [0, 0.1) is 6.92 Å². The van der Waals surface area contributed by atoms with E-state index in [1.54, 1.807) is 12.1 Å². The average Bonchev–Trinajstić information content (AvgIpc) is 2.91. The summed E-state index contributed by atoms with van der Waals surface area (Å²) in [4.78, 5) is 16.1. The summed E-state index contributed by atoms with van der Waals surface area (Å²) in [5.74, 6) is -0.749. The van der Waals surface area contributed by atoms with Gasteiger partial charge in [-0.2, -0.15) is 0 Å². The second-order valence-corrected chi connectivity index (χ2v) is 5.44. The highest BCUT2D eigenvalue weighted by Gasteiger charge is 2.17. The van der Waals surface area contributed by atoms with Gasteiger partial charge in [0.2, 0.25) is 0 Å². The Labute approximate surface area is 120 Å². The third-order valence-corrected chi connectivity index (χ3v) is 3.86. The zero-order valence-corrected chi connectivity index (χ0v) is 11.9. The highest BCUT2D eigenvalue weighted by molar-refractivity contribution is 7.10. The van der Waals surface area contributed by atoms with E-state index in [1.807, 2.05) is 24.4 Å². The maximum atomic E-state index is 10.9. The van der Waals surface area contributed by atoms with Crippen LogP contribution in [0.3, 0.4) is 0 Å². The molecule has 0 aromatic carbocycles. The Balaban J connectivity index is 2.08. The molecular formula is C14H16N2O3S. The SMILES string of the molecule is Cc1ccc(O)c(CNC(CC(=O)O)c2cccs2)n1. The van der Waals surface area contributed by atoms with Crippen molar-refractivity contribution in [2.24, 2.45) is 0 Å². The number of aromatic hydroxyl groups is 1. The van der Waals surface area contributed by atoms with E-state index in [0.717, 1.165) is 10.6 Å². The molecule has 0 saturated heterocycles. The molecule has 106 valence electrons. The van der Waals surface area contributed by atoms with Crippen molar-refractivity contribution in [3.8, 4) is 5.75 Å². The van der Waals surface area contributed by atoms with Gasteiger partial charge >= 0.3 is 5.97 Å². The Hall–Kier alpha value is -1.92. The van der Waals surface area contributed by atoms with Gasteiger partial charge < -0.3 is 15.5 Å². The largest absolute Gasteiger partial charge is 0.506 e. The lowest BCUT2D eigenvalue weighted by Gasteiger charge is -2.15. The fourth-order valence-corrected chi connectivity index (χ4v) is 2.69. The van der Waals surface area contributed by atoms with Gasteiger partial charge in [-0.15, -0.1) is 11.3 Å². The van der Waals surface area contributed by atoms with Crippen molar-refractivity contribution in [3.05, 3.63) is 45.9 Å². The van der Waals surface area contributed by atoms with E-state index in [2.05, 4.69) is 10.3 Å². The van der Waals surface area contributed by atoms with Crippen LogP contribution in [0.4, 0.5) is 0 Å². The van der Waals surface area contributed by atoms with Crippen LogP contribution in [-0.4, -0.2) is 21.2 Å². The van der Waals surface area contributed by atoms with Crippen molar-refractivity contribution < 1.29 is 15.0 Å². The Morgan fingerprint density at radius 1 is 1.45 bits per heavy atom. The molecular weight excluding hydrogens is 276 g/mol. The average molecular weight is 292 g/mol. The molecule has 0 saturated carbocycles. The molecule has 0 amide bonds. The lowest BCUT2D eigenvalue weighted by atomic mass is 10.1. The van der Waals surface area contributed by atoms with Gasteiger partial charge in [0.1, 0.15) is 5.75 Å². The fourth-order valence-electron chi connectivity index (χ4n) is 1.89. The molecule has 20 heavy (non-hydrogen) atoms. The second kappa shape index (κ2) is 6.49. The minimum Gasteiger partial charge on any atom is -0.506 e. The topological polar surface area (TPSA) is 82.5 Å². The van der Waals surface area contributed by atoms with E-state index >= 15 is 0 Å². The van der Waals surface area contributed by atoms with Crippen LogP contribution in [0.2, 0.25) is 0 Å². The number of hydrogen-bond donors (Lipinski definition) is 3. The van der Waals surface area contributed by atoms with Gasteiger partial charge in [-0.05, 0) is 30.5 Å². The van der Waals surface area contributed by atoms with E-state index in [9.17, 15) is 9.90 Å². The lowest BCUT2D eigenvalue weighted by Crippen LogP contribution is -2.23. The van der Waals surface area contributed by atoms with E-state index in [4.69, 9.17) is 5.11 Å². The van der Waals surface area contributed by atoms with Crippen LogP contribution in [0.15, 0.2) is 29.6 Å². The van der Waals surface area contributed by atoms with Gasteiger partial charge in [-0.1, -0.05) is 6.07 Å². The number of carbonyl (C=O) groups is 1. The molecule has 0 aliphatic heterocycles. The standard InChI is InChI=1S/C14H16N2O3S/c1-9-4-5-12(17)11(16-9)8-15-10(7-14(18)19)13-3-2-6-20-13/h2-6,10,15,17H,7-8H2,1H3,(H,18,19). The van der Waals surface area contributed by atoms with E-state index in [-0.39, 0.29) is 18.2 Å². The van der Waals surface area contributed by atoms with E-state index < -0.39 is 5.97 Å². The molecule has 2 aromatic rings. The summed E-state index contributed by atoms with van der Waals surface area (Å²) in [6.45, 7) is 2.17. The molecule has 2 rings (SSSR count). The molecule has 0 bridgehead atoms. The summed E-state index contributed by atoms with van der Waals surface area (Å²) < 4.78 is 0. The predicted molar refractivity (Wildman–Crippen MR) is 76.8 cm³/mol. The zero-order chi connectivity index (χ0) is 14.5. The van der Waals surface area contributed by atoms with Gasteiger partial charge in [-0.25, -0.2) is 0 Å². The number of nitrogens with zero attached hydrogens (tertiary/aromatic N) is 1. The maximum absolute atomic E-state index is 10.9. The minimum atomic E-state index is -0.864. The van der Waals surface area contributed by atoms with E-state index in [1.165, 1.54) is 11.3 Å². The molecule has 3 N–H and O–H groups in total. The Bertz CT molecular complexity index is 584. The number of hydrogen-bond acceptors (Lipinski definition) is 5. The molecule has 5 nitrogen and oxygen atoms in total. The zero-order valence-electron chi connectivity index (χ0n) is 11.0. The van der Waals surface area contributed by atoms with Crippen molar-refractivity contribution in [1.82, 2.24) is 10.3 Å². The third-order valence-electron chi connectivity index (χ3n) is 2.87. The van der Waals surface area contributed by atoms with Crippen molar-refractivity contribution in [2.75, 3.05) is 0 Å². The Morgan fingerprint density at radius 2 is 2.25 bits per heavy atom.